The molecule has 158 valence electrons. The predicted molar refractivity (Wildman–Crippen MR) is 114 cm³/mol. The van der Waals surface area contributed by atoms with Gasteiger partial charge < -0.3 is 19.0 Å². The van der Waals surface area contributed by atoms with Crippen LogP contribution in [0.5, 0.6) is 5.75 Å². The summed E-state index contributed by atoms with van der Waals surface area (Å²) in [6, 6.07) is 14.4. The lowest BCUT2D eigenvalue weighted by Crippen LogP contribution is -2.23. The molecule has 4 aromatic rings. The van der Waals surface area contributed by atoms with Gasteiger partial charge in [-0.2, -0.15) is 4.98 Å². The summed E-state index contributed by atoms with van der Waals surface area (Å²) in [6.45, 7) is 2.02. The number of carbonyl (C=O) groups is 1. The molecule has 4 rings (SSSR count). The van der Waals surface area contributed by atoms with Crippen LogP contribution in [0.15, 0.2) is 62.3 Å². The minimum atomic E-state index is -0.406. The number of methoxy groups -OCH3 is 1. The van der Waals surface area contributed by atoms with E-state index >= 15 is 0 Å². The molecule has 1 amide bonds. The topological polar surface area (TPSA) is 107 Å². The van der Waals surface area contributed by atoms with Gasteiger partial charge in [0, 0.05) is 29.5 Å². The number of rotatable bonds is 7. The average Bonchev–Trinajstić information content (AvgIpc) is 3.25. The first-order chi connectivity index (χ1) is 15.0. The number of fused-ring (bicyclic) bond motifs is 1. The number of hydrogen-bond acceptors (Lipinski definition) is 7. The second kappa shape index (κ2) is 8.83. The Morgan fingerprint density at radius 2 is 1.97 bits per heavy atom. The maximum atomic E-state index is 12.3. The van der Waals surface area contributed by atoms with Crippen molar-refractivity contribution in [3.05, 3.63) is 75.9 Å². The molecular formula is C23H21N3O5. The molecule has 0 saturated carbocycles. The van der Waals surface area contributed by atoms with E-state index in [0.717, 1.165) is 22.1 Å². The molecule has 0 spiro atoms. The largest absolute Gasteiger partial charge is 0.496 e. The maximum absolute atomic E-state index is 12.3. The zero-order valence-electron chi connectivity index (χ0n) is 17.2. The number of nitrogens with one attached hydrogen (secondary N) is 1. The first kappa shape index (κ1) is 20.3. The van der Waals surface area contributed by atoms with Crippen LogP contribution in [-0.4, -0.2) is 23.2 Å². The molecule has 0 saturated heterocycles. The highest BCUT2D eigenvalue weighted by atomic mass is 16.5. The van der Waals surface area contributed by atoms with Gasteiger partial charge in [-0.15, -0.1) is 0 Å². The van der Waals surface area contributed by atoms with Gasteiger partial charge in [0.1, 0.15) is 11.3 Å². The number of hydrogen-bond donors (Lipinski definition) is 1. The van der Waals surface area contributed by atoms with Crippen molar-refractivity contribution in [3.8, 4) is 17.2 Å². The predicted octanol–water partition coefficient (Wildman–Crippen LogP) is 3.41. The van der Waals surface area contributed by atoms with Crippen molar-refractivity contribution in [1.82, 2.24) is 15.5 Å². The lowest BCUT2D eigenvalue weighted by molar-refractivity contribution is -0.121. The third kappa shape index (κ3) is 4.63. The van der Waals surface area contributed by atoms with Crippen LogP contribution in [0, 0.1) is 6.92 Å². The molecule has 2 aromatic heterocycles. The molecule has 0 bridgehead atoms. The summed E-state index contributed by atoms with van der Waals surface area (Å²) in [5.74, 6) is 1.23. The van der Waals surface area contributed by atoms with Crippen LogP contribution in [0.25, 0.3) is 22.4 Å². The average molecular weight is 419 g/mol. The molecule has 2 heterocycles. The van der Waals surface area contributed by atoms with E-state index in [1.165, 1.54) is 6.07 Å². The van der Waals surface area contributed by atoms with Crippen LogP contribution in [0.4, 0.5) is 0 Å². The Morgan fingerprint density at radius 1 is 1.16 bits per heavy atom. The van der Waals surface area contributed by atoms with E-state index in [9.17, 15) is 9.59 Å². The summed E-state index contributed by atoms with van der Waals surface area (Å²) in [7, 11) is 1.54. The van der Waals surface area contributed by atoms with E-state index < -0.39 is 5.63 Å². The number of aromatic nitrogens is 2. The van der Waals surface area contributed by atoms with E-state index in [0.29, 0.717) is 29.5 Å². The van der Waals surface area contributed by atoms with Gasteiger partial charge in [-0.05, 0) is 42.7 Å². The third-order valence-electron chi connectivity index (χ3n) is 4.91. The van der Waals surface area contributed by atoms with Crippen molar-refractivity contribution in [2.75, 3.05) is 7.11 Å². The zero-order chi connectivity index (χ0) is 21.8. The highest BCUT2D eigenvalue weighted by Crippen LogP contribution is 2.28. The molecule has 0 unspecified atom stereocenters. The normalized spacial score (nSPS) is 10.9. The van der Waals surface area contributed by atoms with Crippen LogP contribution in [0.1, 0.15) is 23.4 Å². The second-order valence-electron chi connectivity index (χ2n) is 7.07. The van der Waals surface area contributed by atoms with Gasteiger partial charge in [-0.25, -0.2) is 4.79 Å². The van der Waals surface area contributed by atoms with E-state index in [4.69, 9.17) is 13.7 Å². The van der Waals surface area contributed by atoms with E-state index in [1.54, 1.807) is 13.2 Å². The molecule has 0 aliphatic heterocycles. The van der Waals surface area contributed by atoms with Gasteiger partial charge >= 0.3 is 5.63 Å². The van der Waals surface area contributed by atoms with Crippen molar-refractivity contribution >= 4 is 16.9 Å². The Morgan fingerprint density at radius 3 is 2.74 bits per heavy atom. The Balaban J connectivity index is 1.39. The fourth-order valence-corrected chi connectivity index (χ4v) is 3.31. The highest BCUT2D eigenvalue weighted by Gasteiger charge is 2.13. The van der Waals surface area contributed by atoms with Crippen LogP contribution < -0.4 is 15.7 Å². The first-order valence-corrected chi connectivity index (χ1v) is 9.79. The summed E-state index contributed by atoms with van der Waals surface area (Å²) < 4.78 is 15.9. The van der Waals surface area contributed by atoms with E-state index in [2.05, 4.69) is 15.5 Å². The van der Waals surface area contributed by atoms with Gasteiger partial charge in [0.05, 0.1) is 13.7 Å². The minimum Gasteiger partial charge on any atom is -0.496 e. The molecule has 0 aliphatic rings. The number of nitrogens with zero attached hydrogens (tertiary/aromatic N) is 2. The highest BCUT2D eigenvalue weighted by molar-refractivity contribution is 5.83. The monoisotopic (exact) mass is 419 g/mol. The molecular weight excluding hydrogens is 398 g/mol. The van der Waals surface area contributed by atoms with E-state index in [1.807, 2.05) is 43.3 Å². The standard InChI is InChI=1S/C23H21N3O5/c1-14-10-22(28)30-19-12-18(29-2)16(11-17(14)19)8-9-21(27)24-13-20-25-23(31-26-20)15-6-4-3-5-7-15/h3-7,10-12H,8-9,13H2,1-2H3,(H,24,27). The molecule has 0 fully saturated rings. The SMILES string of the molecule is COc1cc2oc(=O)cc(C)c2cc1CCC(=O)NCc1noc(-c2ccccc2)n1. The van der Waals surface area contributed by atoms with E-state index in [-0.39, 0.29) is 18.9 Å². The van der Waals surface area contributed by atoms with Crippen LogP contribution in [-0.2, 0) is 17.8 Å². The van der Waals surface area contributed by atoms with Crippen LogP contribution >= 0.6 is 0 Å². The van der Waals surface area contributed by atoms with Gasteiger partial charge in [0.2, 0.25) is 5.91 Å². The van der Waals surface area contributed by atoms with Gasteiger partial charge in [-0.3, -0.25) is 4.79 Å². The minimum absolute atomic E-state index is 0.149. The number of benzene rings is 2. The molecule has 8 heteroatoms. The Labute approximate surface area is 177 Å². The maximum Gasteiger partial charge on any atom is 0.336 e. The Hall–Kier alpha value is -3.94. The zero-order valence-corrected chi connectivity index (χ0v) is 17.2. The quantitative estimate of drug-likeness (QED) is 0.457. The lowest BCUT2D eigenvalue weighted by atomic mass is 10.0. The number of ether oxygens (including phenoxy) is 1. The van der Waals surface area contributed by atoms with Crippen LogP contribution in [0.3, 0.4) is 0 Å². The van der Waals surface area contributed by atoms with Gasteiger partial charge in [0.25, 0.3) is 5.89 Å². The summed E-state index contributed by atoms with van der Waals surface area (Å²) in [5.41, 5.74) is 2.54. The van der Waals surface area contributed by atoms with Crippen molar-refractivity contribution in [3.63, 3.8) is 0 Å². The fraction of sp³-hybridized carbons (Fsp3) is 0.217. The Bertz CT molecular complexity index is 1280. The third-order valence-corrected chi connectivity index (χ3v) is 4.91. The summed E-state index contributed by atoms with van der Waals surface area (Å²) in [6.07, 6.45) is 0.714. The first-order valence-electron chi connectivity index (χ1n) is 9.79. The molecule has 0 atom stereocenters. The van der Waals surface area contributed by atoms with Crippen molar-refractivity contribution in [2.45, 2.75) is 26.3 Å². The summed E-state index contributed by atoms with van der Waals surface area (Å²) in [4.78, 5) is 28.2. The van der Waals surface area contributed by atoms with Gasteiger partial charge in [0.15, 0.2) is 5.82 Å². The van der Waals surface area contributed by atoms with Crippen LogP contribution in [0.2, 0.25) is 0 Å². The molecule has 31 heavy (non-hydrogen) atoms. The second-order valence-corrected chi connectivity index (χ2v) is 7.07. The summed E-state index contributed by atoms with van der Waals surface area (Å²) >= 11 is 0. The number of aryl methyl sites for hydroxylation is 2. The van der Waals surface area contributed by atoms with Crippen molar-refractivity contribution in [2.24, 2.45) is 0 Å². The Kier molecular flexibility index (Phi) is 5.79. The van der Waals surface area contributed by atoms with Gasteiger partial charge in [-0.1, -0.05) is 23.4 Å². The molecule has 8 nitrogen and oxygen atoms in total. The summed E-state index contributed by atoms with van der Waals surface area (Å²) in [5, 5.41) is 7.52. The number of carbonyl (C=O) groups excluding carboxylic acids is 1. The number of amides is 1. The fourth-order valence-electron chi connectivity index (χ4n) is 3.31. The lowest BCUT2D eigenvalue weighted by Gasteiger charge is -2.11. The smallest absolute Gasteiger partial charge is 0.336 e. The van der Waals surface area contributed by atoms with Crippen molar-refractivity contribution in [1.29, 1.82) is 0 Å². The molecule has 0 aliphatic carbocycles. The molecule has 1 N–H and O–H groups in total. The molecule has 2 aromatic carbocycles. The molecule has 0 radical (unpaired) electrons. The van der Waals surface area contributed by atoms with Crippen molar-refractivity contribution < 1.29 is 18.5 Å².